The van der Waals surface area contributed by atoms with E-state index >= 15 is 0 Å². The summed E-state index contributed by atoms with van der Waals surface area (Å²) >= 11 is 0. The van der Waals surface area contributed by atoms with Crippen molar-refractivity contribution in [3.8, 4) is 0 Å². The maximum absolute atomic E-state index is 12.1. The molecule has 1 unspecified atom stereocenters. The van der Waals surface area contributed by atoms with Crippen molar-refractivity contribution in [2.45, 2.75) is 57.5 Å². The molecule has 1 aliphatic rings. The first kappa shape index (κ1) is 19.8. The Morgan fingerprint density at radius 2 is 1.52 bits per heavy atom. The van der Waals surface area contributed by atoms with Crippen LogP contribution in [0.4, 0.5) is 0 Å². The van der Waals surface area contributed by atoms with Crippen molar-refractivity contribution in [1.29, 1.82) is 0 Å². The van der Waals surface area contributed by atoms with E-state index in [4.69, 9.17) is 0 Å². The SMILES string of the molecule is C=C(C[Si](c1ccccc1)(c1ccccc1)C(C)(C)C)C1CCCC(=O)C1. The van der Waals surface area contributed by atoms with Gasteiger partial charge in [0.25, 0.3) is 0 Å². The van der Waals surface area contributed by atoms with Gasteiger partial charge in [0.05, 0.1) is 0 Å². The summed E-state index contributed by atoms with van der Waals surface area (Å²) in [4.78, 5) is 12.1. The molecule has 1 atom stereocenters. The number of hydrogen-bond acceptors (Lipinski definition) is 1. The van der Waals surface area contributed by atoms with Crippen molar-refractivity contribution in [2.75, 3.05) is 0 Å². The number of benzene rings is 2. The number of rotatable bonds is 5. The third kappa shape index (κ3) is 4.01. The first-order valence-electron chi connectivity index (χ1n) is 10.1. The van der Waals surface area contributed by atoms with Gasteiger partial charge in [-0.15, -0.1) is 0 Å². The van der Waals surface area contributed by atoms with Gasteiger partial charge in [-0.25, -0.2) is 0 Å². The standard InChI is InChI=1S/C25H32OSi/c1-20(21-12-11-13-22(26)18-21)19-27(25(2,3)4,23-14-7-5-8-15-23)24-16-9-6-10-17-24/h5-10,14-17,21H,1,11-13,18-19H2,2-4H3. The van der Waals surface area contributed by atoms with Gasteiger partial charge >= 0.3 is 0 Å². The fourth-order valence-corrected chi connectivity index (χ4v) is 10.3. The topological polar surface area (TPSA) is 17.1 Å². The summed E-state index contributed by atoms with van der Waals surface area (Å²) in [7, 11) is -2.13. The van der Waals surface area contributed by atoms with E-state index in [0.29, 0.717) is 18.1 Å². The molecule has 2 heteroatoms. The molecule has 0 amide bonds. The zero-order chi connectivity index (χ0) is 19.5. The van der Waals surface area contributed by atoms with Crippen molar-refractivity contribution < 1.29 is 4.79 Å². The Morgan fingerprint density at radius 1 is 1.00 bits per heavy atom. The number of allylic oxidation sites excluding steroid dienone is 1. The monoisotopic (exact) mass is 376 g/mol. The van der Waals surface area contributed by atoms with Gasteiger partial charge in [-0.2, -0.15) is 0 Å². The van der Waals surface area contributed by atoms with E-state index in [9.17, 15) is 4.79 Å². The summed E-state index contributed by atoms with van der Waals surface area (Å²) in [5, 5.41) is 3.07. The molecule has 1 fully saturated rings. The lowest BCUT2D eigenvalue weighted by Crippen LogP contribution is -2.64. The molecule has 0 N–H and O–H groups in total. The Labute approximate surface area is 165 Å². The van der Waals surface area contributed by atoms with E-state index in [1.165, 1.54) is 15.9 Å². The van der Waals surface area contributed by atoms with E-state index in [0.717, 1.165) is 25.3 Å². The van der Waals surface area contributed by atoms with E-state index in [2.05, 4.69) is 88.0 Å². The molecule has 0 aliphatic heterocycles. The highest BCUT2D eigenvalue weighted by atomic mass is 28.3. The summed E-state index contributed by atoms with van der Waals surface area (Å²) in [6, 6.07) is 23.1. The van der Waals surface area contributed by atoms with Crippen LogP contribution in [0.25, 0.3) is 0 Å². The molecule has 2 aromatic rings. The average Bonchev–Trinajstić information content (AvgIpc) is 2.66. The third-order valence-corrected chi connectivity index (χ3v) is 12.5. The highest BCUT2D eigenvalue weighted by molar-refractivity contribution is 7.04. The van der Waals surface area contributed by atoms with Gasteiger partial charge in [0.2, 0.25) is 0 Å². The van der Waals surface area contributed by atoms with E-state index in [1.54, 1.807) is 0 Å². The average molecular weight is 377 g/mol. The zero-order valence-corrected chi connectivity index (χ0v) is 18.0. The molecule has 27 heavy (non-hydrogen) atoms. The lowest BCUT2D eigenvalue weighted by molar-refractivity contribution is -0.121. The Hall–Kier alpha value is -1.93. The zero-order valence-electron chi connectivity index (χ0n) is 17.0. The molecule has 0 heterocycles. The molecule has 1 saturated carbocycles. The quantitative estimate of drug-likeness (QED) is 0.507. The normalized spacial score (nSPS) is 18.3. The van der Waals surface area contributed by atoms with Crippen LogP contribution in [0.3, 0.4) is 0 Å². The van der Waals surface area contributed by atoms with Crippen molar-refractivity contribution in [1.82, 2.24) is 0 Å². The van der Waals surface area contributed by atoms with Crippen LogP contribution in [0.2, 0.25) is 11.1 Å². The second kappa shape index (κ2) is 7.98. The molecule has 1 nitrogen and oxygen atoms in total. The van der Waals surface area contributed by atoms with Crippen LogP contribution in [0.1, 0.15) is 46.5 Å². The van der Waals surface area contributed by atoms with Gasteiger partial charge in [-0.3, -0.25) is 4.79 Å². The summed E-state index contributed by atoms with van der Waals surface area (Å²) in [6.45, 7) is 11.7. The number of Topliss-reactive ketones (excluding diaryl/α,β-unsaturated/α-hetero) is 1. The van der Waals surface area contributed by atoms with Crippen molar-refractivity contribution >= 4 is 24.2 Å². The minimum absolute atomic E-state index is 0.136. The van der Waals surface area contributed by atoms with Gasteiger partial charge in [-0.05, 0) is 29.8 Å². The molecule has 0 spiro atoms. The van der Waals surface area contributed by atoms with Crippen molar-refractivity contribution in [3.63, 3.8) is 0 Å². The minimum atomic E-state index is -2.13. The summed E-state index contributed by atoms with van der Waals surface area (Å²) < 4.78 is 0. The molecule has 3 rings (SSSR count). The van der Waals surface area contributed by atoms with Crippen LogP contribution in [0.5, 0.6) is 0 Å². The number of hydrogen-bond donors (Lipinski definition) is 0. The second-order valence-electron chi connectivity index (χ2n) is 9.05. The van der Waals surface area contributed by atoms with Crippen LogP contribution in [0.15, 0.2) is 72.8 Å². The lowest BCUT2D eigenvalue weighted by atomic mass is 9.84. The molecule has 0 saturated heterocycles. The first-order valence-corrected chi connectivity index (χ1v) is 12.4. The minimum Gasteiger partial charge on any atom is -0.300 e. The summed E-state index contributed by atoms with van der Waals surface area (Å²) in [5.41, 5.74) is 1.29. The Balaban J connectivity index is 2.09. The molecule has 0 radical (unpaired) electrons. The molecule has 0 bridgehead atoms. The van der Waals surface area contributed by atoms with Crippen LogP contribution in [-0.4, -0.2) is 13.9 Å². The van der Waals surface area contributed by atoms with Gasteiger partial charge < -0.3 is 0 Å². The first-order chi connectivity index (χ1) is 12.8. The van der Waals surface area contributed by atoms with Crippen LogP contribution < -0.4 is 10.4 Å². The van der Waals surface area contributed by atoms with Crippen LogP contribution in [0, 0.1) is 5.92 Å². The van der Waals surface area contributed by atoms with E-state index in [1.807, 2.05) is 0 Å². The second-order valence-corrected chi connectivity index (χ2v) is 13.9. The largest absolute Gasteiger partial charge is 0.300 e. The molecule has 142 valence electrons. The predicted molar refractivity (Wildman–Crippen MR) is 119 cm³/mol. The maximum Gasteiger partial charge on any atom is 0.133 e. The van der Waals surface area contributed by atoms with Crippen molar-refractivity contribution in [2.24, 2.45) is 5.92 Å². The van der Waals surface area contributed by atoms with Crippen molar-refractivity contribution in [3.05, 3.63) is 72.8 Å². The maximum atomic E-state index is 12.1. The number of carbonyl (C=O) groups is 1. The predicted octanol–water partition coefficient (Wildman–Crippen LogP) is 5.37. The van der Waals surface area contributed by atoms with Crippen LogP contribution >= 0.6 is 0 Å². The molecule has 1 aliphatic carbocycles. The number of ketones is 1. The number of carbonyl (C=O) groups excluding carboxylic acids is 1. The smallest absolute Gasteiger partial charge is 0.133 e. The van der Waals surface area contributed by atoms with Gasteiger partial charge in [-0.1, -0.05) is 104 Å². The summed E-state index contributed by atoms with van der Waals surface area (Å²) in [5.74, 6) is 0.766. The Bertz CT molecular complexity index is 747. The Morgan fingerprint density at radius 3 is 1.96 bits per heavy atom. The van der Waals surface area contributed by atoms with Gasteiger partial charge in [0, 0.05) is 12.8 Å². The molecular weight excluding hydrogens is 344 g/mol. The van der Waals surface area contributed by atoms with E-state index in [-0.39, 0.29) is 5.04 Å². The van der Waals surface area contributed by atoms with Gasteiger partial charge in [0.1, 0.15) is 13.9 Å². The molecule has 0 aromatic heterocycles. The molecular formula is C25H32OSi. The fourth-order valence-electron chi connectivity index (χ4n) is 4.81. The molecule has 2 aromatic carbocycles. The Kier molecular flexibility index (Phi) is 5.85. The van der Waals surface area contributed by atoms with Crippen LogP contribution in [-0.2, 0) is 4.79 Å². The summed E-state index contributed by atoms with van der Waals surface area (Å²) in [6.07, 6.45) is 3.58. The fraction of sp³-hybridized carbons (Fsp3) is 0.400. The third-order valence-electron chi connectivity index (χ3n) is 6.37. The van der Waals surface area contributed by atoms with E-state index < -0.39 is 8.07 Å². The van der Waals surface area contributed by atoms with Gasteiger partial charge in [0.15, 0.2) is 0 Å². The highest BCUT2D eigenvalue weighted by Crippen LogP contribution is 2.42. The highest BCUT2D eigenvalue weighted by Gasteiger charge is 2.48. The lowest BCUT2D eigenvalue weighted by Gasteiger charge is -2.45.